The van der Waals surface area contributed by atoms with Crippen molar-refractivity contribution in [1.82, 2.24) is 0 Å². The Morgan fingerprint density at radius 2 is 2.45 bits per heavy atom. The highest BCUT2D eigenvalue weighted by atomic mass is 32.2. The molecule has 11 heavy (non-hydrogen) atoms. The van der Waals surface area contributed by atoms with Crippen molar-refractivity contribution in [2.24, 2.45) is 11.8 Å². The van der Waals surface area contributed by atoms with Crippen LogP contribution in [0.15, 0.2) is 0 Å². The maximum absolute atomic E-state index is 10.6. The summed E-state index contributed by atoms with van der Waals surface area (Å²) in [5.74, 6) is -0.0356. The van der Waals surface area contributed by atoms with Gasteiger partial charge in [-0.15, -0.1) is 0 Å². The van der Waals surface area contributed by atoms with Crippen molar-refractivity contribution in [3.05, 3.63) is 0 Å². The van der Waals surface area contributed by atoms with Crippen LogP contribution in [0, 0.1) is 23.2 Å². The fourth-order valence-electron chi connectivity index (χ4n) is 1.14. The van der Waals surface area contributed by atoms with Gasteiger partial charge in [0.1, 0.15) is 0 Å². The van der Waals surface area contributed by atoms with Crippen molar-refractivity contribution >= 4 is 17.7 Å². The summed E-state index contributed by atoms with van der Waals surface area (Å²) >= 11 is 1.62. The van der Waals surface area contributed by atoms with Crippen molar-refractivity contribution in [2.45, 2.75) is 6.42 Å². The molecule has 1 heterocycles. The average Bonchev–Trinajstić information content (AvgIpc) is 2.04. The lowest BCUT2D eigenvalue weighted by Crippen LogP contribution is -2.28. The van der Waals surface area contributed by atoms with Crippen LogP contribution >= 0.6 is 11.8 Å². The van der Waals surface area contributed by atoms with E-state index in [-0.39, 0.29) is 5.92 Å². The Morgan fingerprint density at radius 1 is 1.73 bits per heavy atom. The van der Waals surface area contributed by atoms with E-state index in [2.05, 4.69) is 0 Å². The quantitative estimate of drug-likeness (QED) is 0.638. The Balaban J connectivity index is 2.60. The van der Waals surface area contributed by atoms with Crippen LogP contribution in [0.5, 0.6) is 0 Å². The minimum absolute atomic E-state index is 0.270. The van der Waals surface area contributed by atoms with E-state index in [0.29, 0.717) is 5.75 Å². The summed E-state index contributed by atoms with van der Waals surface area (Å²) in [6, 6.07) is 2.04. The van der Waals surface area contributed by atoms with E-state index in [1.54, 1.807) is 11.8 Å². The summed E-state index contributed by atoms with van der Waals surface area (Å²) in [4.78, 5) is 10.6. The normalized spacial score (nSPS) is 30.8. The van der Waals surface area contributed by atoms with Crippen LogP contribution in [-0.2, 0) is 4.79 Å². The van der Waals surface area contributed by atoms with Gasteiger partial charge in [-0.3, -0.25) is 4.79 Å². The molecule has 1 saturated heterocycles. The van der Waals surface area contributed by atoms with Crippen LogP contribution in [0.4, 0.5) is 0 Å². The van der Waals surface area contributed by atoms with Gasteiger partial charge in [-0.2, -0.15) is 17.0 Å². The minimum atomic E-state index is -0.830. The van der Waals surface area contributed by atoms with E-state index >= 15 is 0 Å². The predicted molar refractivity (Wildman–Crippen MR) is 42.2 cm³/mol. The number of aliphatic carboxylic acids is 1. The summed E-state index contributed by atoms with van der Waals surface area (Å²) < 4.78 is 0. The van der Waals surface area contributed by atoms with Gasteiger partial charge in [0.25, 0.3) is 0 Å². The van der Waals surface area contributed by atoms with Gasteiger partial charge in [-0.1, -0.05) is 0 Å². The van der Waals surface area contributed by atoms with Crippen LogP contribution < -0.4 is 0 Å². The second kappa shape index (κ2) is 3.63. The van der Waals surface area contributed by atoms with Crippen molar-refractivity contribution < 1.29 is 9.90 Å². The fourth-order valence-corrected chi connectivity index (χ4v) is 2.35. The molecular formula is C7H9NO2S. The molecule has 0 aliphatic carbocycles. The Hall–Kier alpha value is -0.690. The number of hydrogen-bond donors (Lipinski definition) is 1. The lowest BCUT2D eigenvalue weighted by atomic mass is 9.93. The molecular weight excluding hydrogens is 162 g/mol. The number of carboxylic acid groups (broad SMARTS) is 1. The molecule has 1 N–H and O–H groups in total. The first-order valence-electron chi connectivity index (χ1n) is 3.46. The summed E-state index contributed by atoms with van der Waals surface area (Å²) in [5, 5.41) is 17.3. The van der Waals surface area contributed by atoms with Crippen LogP contribution in [0.1, 0.15) is 6.42 Å². The van der Waals surface area contributed by atoms with Crippen LogP contribution in [0.3, 0.4) is 0 Å². The van der Waals surface area contributed by atoms with Gasteiger partial charge in [0.2, 0.25) is 0 Å². The van der Waals surface area contributed by atoms with Gasteiger partial charge < -0.3 is 5.11 Å². The maximum Gasteiger partial charge on any atom is 0.308 e. The van der Waals surface area contributed by atoms with Crippen LogP contribution in [0.25, 0.3) is 0 Å². The zero-order chi connectivity index (χ0) is 8.27. The predicted octanol–water partition coefficient (Wildman–Crippen LogP) is 0.964. The molecule has 60 valence electrons. The molecule has 2 atom stereocenters. The Morgan fingerprint density at radius 3 is 2.91 bits per heavy atom. The molecule has 0 unspecified atom stereocenters. The molecule has 4 heteroatoms. The third kappa shape index (κ3) is 1.87. The van der Waals surface area contributed by atoms with Gasteiger partial charge in [0.15, 0.2) is 0 Å². The van der Waals surface area contributed by atoms with Gasteiger partial charge in [-0.05, 0) is 12.2 Å². The molecule has 0 bridgehead atoms. The topological polar surface area (TPSA) is 61.1 Å². The number of rotatable bonds is 1. The minimum Gasteiger partial charge on any atom is -0.481 e. The van der Waals surface area contributed by atoms with E-state index in [0.717, 1.165) is 12.2 Å². The second-order valence-corrected chi connectivity index (χ2v) is 3.69. The first-order valence-corrected chi connectivity index (χ1v) is 4.61. The molecule has 1 aliphatic rings. The molecule has 1 fully saturated rings. The Bertz CT molecular complexity index is 199. The number of thioether (sulfide) groups is 1. The van der Waals surface area contributed by atoms with Crippen LogP contribution in [-0.4, -0.2) is 22.6 Å². The first kappa shape index (κ1) is 8.41. The molecule has 0 amide bonds. The number of nitriles is 1. The fraction of sp³-hybridized carbons (Fsp3) is 0.714. The molecule has 3 nitrogen and oxygen atoms in total. The smallest absolute Gasteiger partial charge is 0.308 e. The van der Waals surface area contributed by atoms with E-state index in [9.17, 15) is 4.79 Å². The van der Waals surface area contributed by atoms with E-state index in [4.69, 9.17) is 10.4 Å². The van der Waals surface area contributed by atoms with E-state index in [1.165, 1.54) is 0 Å². The molecule has 0 spiro atoms. The molecule has 1 rings (SSSR count). The number of hydrogen-bond acceptors (Lipinski definition) is 3. The van der Waals surface area contributed by atoms with Gasteiger partial charge in [0.05, 0.1) is 17.9 Å². The zero-order valence-electron chi connectivity index (χ0n) is 5.99. The standard InChI is InChI=1S/C7H9NO2S/c8-3-5-1-2-11-4-6(5)7(9)10/h5-6H,1-2,4H2,(H,9,10)/t5-,6-/m1/s1. The molecule has 0 aromatic heterocycles. The van der Waals surface area contributed by atoms with Crippen molar-refractivity contribution in [1.29, 1.82) is 5.26 Å². The number of carbonyl (C=O) groups is 1. The number of nitrogens with zero attached hydrogens (tertiary/aromatic N) is 1. The molecule has 0 radical (unpaired) electrons. The Kier molecular flexibility index (Phi) is 2.77. The number of carboxylic acids is 1. The van der Waals surface area contributed by atoms with Crippen molar-refractivity contribution in [3.8, 4) is 6.07 Å². The van der Waals surface area contributed by atoms with Gasteiger partial charge >= 0.3 is 5.97 Å². The highest BCUT2D eigenvalue weighted by Gasteiger charge is 2.30. The highest BCUT2D eigenvalue weighted by molar-refractivity contribution is 7.99. The molecule has 0 aromatic rings. The SMILES string of the molecule is N#C[C@H]1CCSC[C@H]1C(=O)O. The zero-order valence-corrected chi connectivity index (χ0v) is 6.80. The van der Waals surface area contributed by atoms with E-state index in [1.807, 2.05) is 6.07 Å². The summed E-state index contributed by atoms with van der Waals surface area (Å²) in [5.41, 5.74) is 0. The third-order valence-corrected chi connectivity index (χ3v) is 2.96. The maximum atomic E-state index is 10.6. The van der Waals surface area contributed by atoms with Gasteiger partial charge in [0, 0.05) is 5.75 Å². The lowest BCUT2D eigenvalue weighted by Gasteiger charge is -2.22. The average molecular weight is 171 g/mol. The van der Waals surface area contributed by atoms with Crippen molar-refractivity contribution in [2.75, 3.05) is 11.5 Å². The van der Waals surface area contributed by atoms with Gasteiger partial charge in [-0.25, -0.2) is 0 Å². The monoisotopic (exact) mass is 171 g/mol. The summed E-state index contributed by atoms with van der Waals surface area (Å²) in [6.07, 6.45) is 0.720. The molecule has 0 saturated carbocycles. The molecule has 0 aromatic carbocycles. The molecule has 1 aliphatic heterocycles. The summed E-state index contributed by atoms with van der Waals surface area (Å²) in [7, 11) is 0. The second-order valence-electron chi connectivity index (χ2n) is 2.54. The van der Waals surface area contributed by atoms with E-state index < -0.39 is 11.9 Å². The summed E-state index contributed by atoms with van der Waals surface area (Å²) in [6.45, 7) is 0. The first-order chi connectivity index (χ1) is 5.25. The largest absolute Gasteiger partial charge is 0.481 e. The van der Waals surface area contributed by atoms with Crippen LogP contribution in [0.2, 0.25) is 0 Å². The highest BCUT2D eigenvalue weighted by Crippen LogP contribution is 2.27. The van der Waals surface area contributed by atoms with Crippen molar-refractivity contribution in [3.63, 3.8) is 0 Å². The lowest BCUT2D eigenvalue weighted by molar-refractivity contribution is -0.142. The Labute approximate surface area is 69.4 Å². The third-order valence-electron chi connectivity index (χ3n) is 1.84.